The minimum atomic E-state index is 0.371. The number of imide groups is 1. The van der Waals surface area contributed by atoms with Crippen LogP contribution in [0.2, 0.25) is 0 Å². The molecule has 2 amide bonds. The average molecular weight is 179 g/mol. The molecule has 0 aromatic heterocycles. The van der Waals surface area contributed by atoms with Crippen LogP contribution in [0.5, 0.6) is 0 Å². The van der Waals surface area contributed by atoms with Crippen LogP contribution in [0.3, 0.4) is 0 Å². The maximum absolute atomic E-state index is 10.2. The fourth-order valence-electron chi connectivity index (χ4n) is 0.835. The number of hydrogen-bond acceptors (Lipinski definition) is 4. The Balaban J connectivity index is 2.73. The van der Waals surface area contributed by atoms with Crippen LogP contribution in [-0.4, -0.2) is 17.8 Å². The lowest BCUT2D eigenvalue weighted by molar-refractivity contribution is -0.127. The smallest absolute Gasteiger partial charge is 0.235 e. The van der Waals surface area contributed by atoms with Crippen molar-refractivity contribution in [3.05, 3.63) is 24.3 Å². The number of anilines is 2. The van der Waals surface area contributed by atoms with E-state index in [0.29, 0.717) is 24.2 Å². The minimum Gasteiger partial charge on any atom is -0.399 e. The first kappa shape index (κ1) is 9.05. The predicted molar refractivity (Wildman–Crippen MR) is 48.4 cm³/mol. The van der Waals surface area contributed by atoms with E-state index in [9.17, 15) is 9.59 Å². The van der Waals surface area contributed by atoms with Crippen LogP contribution < -0.4 is 11.2 Å². The molecular weight excluding hydrogens is 170 g/mol. The zero-order valence-corrected chi connectivity index (χ0v) is 6.81. The van der Waals surface area contributed by atoms with E-state index in [-0.39, 0.29) is 0 Å². The van der Waals surface area contributed by atoms with Gasteiger partial charge >= 0.3 is 0 Å². The van der Waals surface area contributed by atoms with Crippen molar-refractivity contribution in [3.8, 4) is 0 Å². The highest BCUT2D eigenvalue weighted by molar-refractivity contribution is 5.72. The topological polar surface area (TPSA) is 75.4 Å². The molecule has 0 spiro atoms. The van der Waals surface area contributed by atoms with Crippen LogP contribution in [0.25, 0.3) is 0 Å². The third kappa shape index (κ3) is 2.48. The summed E-state index contributed by atoms with van der Waals surface area (Å²) in [6.07, 6.45) is 0.742. The Bertz CT molecular complexity index is 306. The summed E-state index contributed by atoms with van der Waals surface area (Å²) in [6.45, 7) is 0. The molecule has 0 fully saturated rings. The van der Waals surface area contributed by atoms with Gasteiger partial charge in [-0.15, -0.1) is 0 Å². The molecule has 0 bridgehead atoms. The number of hydrazine groups is 1. The maximum Gasteiger partial charge on any atom is 0.235 e. The number of hydrogen-bond donors (Lipinski definition) is 2. The maximum atomic E-state index is 10.2. The zero-order chi connectivity index (χ0) is 9.68. The minimum absolute atomic E-state index is 0.371. The highest BCUT2D eigenvalue weighted by Gasteiger charge is 1.98. The zero-order valence-electron chi connectivity index (χ0n) is 6.81. The first-order valence-corrected chi connectivity index (χ1v) is 3.57. The van der Waals surface area contributed by atoms with Crippen molar-refractivity contribution in [2.24, 2.45) is 0 Å². The van der Waals surface area contributed by atoms with Crippen molar-refractivity contribution in [3.63, 3.8) is 0 Å². The molecule has 3 N–H and O–H groups in total. The quantitative estimate of drug-likeness (QED) is 0.393. The van der Waals surface area contributed by atoms with Crippen molar-refractivity contribution in [1.82, 2.24) is 5.01 Å². The fourth-order valence-corrected chi connectivity index (χ4v) is 0.835. The van der Waals surface area contributed by atoms with E-state index >= 15 is 0 Å². The molecule has 5 heteroatoms. The largest absolute Gasteiger partial charge is 0.399 e. The van der Waals surface area contributed by atoms with Crippen molar-refractivity contribution >= 4 is 24.2 Å². The first-order valence-electron chi connectivity index (χ1n) is 3.57. The summed E-state index contributed by atoms with van der Waals surface area (Å²) in [6, 6.07) is 6.72. The number of carbonyl (C=O) groups excluding carboxylic acids is 2. The Morgan fingerprint density at radius 2 is 2.00 bits per heavy atom. The molecule has 0 heterocycles. The predicted octanol–water partition coefficient (Wildman–Crippen LogP) is 0.210. The molecule has 13 heavy (non-hydrogen) atoms. The summed E-state index contributed by atoms with van der Waals surface area (Å²) in [7, 11) is 0. The molecule has 68 valence electrons. The molecule has 0 radical (unpaired) electrons. The molecule has 1 aromatic carbocycles. The molecule has 0 atom stereocenters. The summed E-state index contributed by atoms with van der Waals surface area (Å²) < 4.78 is 0. The van der Waals surface area contributed by atoms with Crippen LogP contribution in [0.1, 0.15) is 0 Å². The van der Waals surface area contributed by atoms with Crippen LogP contribution in [0, 0.1) is 0 Å². The van der Waals surface area contributed by atoms with Crippen LogP contribution >= 0.6 is 0 Å². The van der Waals surface area contributed by atoms with E-state index in [1.54, 1.807) is 24.3 Å². The van der Waals surface area contributed by atoms with Gasteiger partial charge in [0.25, 0.3) is 0 Å². The summed E-state index contributed by atoms with van der Waals surface area (Å²) in [5, 5.41) is 0.759. The van der Waals surface area contributed by atoms with Crippen LogP contribution in [0.4, 0.5) is 11.4 Å². The number of nitrogens with zero attached hydrogens (tertiary/aromatic N) is 1. The van der Waals surface area contributed by atoms with Gasteiger partial charge in [-0.1, -0.05) is 6.07 Å². The number of nitrogens with two attached hydrogens (primary N) is 1. The molecule has 0 aliphatic rings. The monoisotopic (exact) mass is 179 g/mol. The number of amides is 2. The standard InChI is InChI=1S/C8H9N3O2/c9-7-2-1-3-8(4-7)10-11(5-12)6-13/h1-6,10H,9H2. The second-order valence-electron chi connectivity index (χ2n) is 2.36. The van der Waals surface area contributed by atoms with Gasteiger partial charge in [0.2, 0.25) is 12.8 Å². The summed E-state index contributed by atoms with van der Waals surface area (Å²) >= 11 is 0. The first-order chi connectivity index (χ1) is 6.26. The molecule has 0 unspecified atom stereocenters. The fraction of sp³-hybridized carbons (Fsp3) is 0. The third-order valence-electron chi connectivity index (χ3n) is 1.37. The molecule has 0 saturated carbocycles. The van der Waals surface area contributed by atoms with E-state index in [0.717, 1.165) is 5.01 Å². The molecule has 0 aliphatic carbocycles. The Morgan fingerprint density at radius 3 is 2.54 bits per heavy atom. The molecule has 5 nitrogen and oxygen atoms in total. The van der Waals surface area contributed by atoms with Crippen LogP contribution in [-0.2, 0) is 9.59 Å². The van der Waals surface area contributed by atoms with Crippen molar-refractivity contribution < 1.29 is 9.59 Å². The molecule has 0 aliphatic heterocycles. The second-order valence-corrected chi connectivity index (χ2v) is 2.36. The summed E-state index contributed by atoms with van der Waals surface area (Å²) in [5.41, 5.74) is 9.16. The highest BCUT2D eigenvalue weighted by atomic mass is 16.2. The van der Waals surface area contributed by atoms with Crippen molar-refractivity contribution in [2.75, 3.05) is 11.2 Å². The van der Waals surface area contributed by atoms with Crippen molar-refractivity contribution in [1.29, 1.82) is 0 Å². The molecule has 1 rings (SSSR count). The Labute approximate surface area is 75.1 Å². The number of nitrogen functional groups attached to an aromatic ring is 1. The van der Waals surface area contributed by atoms with Gasteiger partial charge < -0.3 is 5.73 Å². The summed E-state index contributed by atoms with van der Waals surface area (Å²) in [4.78, 5) is 20.5. The Hall–Kier alpha value is -2.04. The second kappa shape index (κ2) is 4.10. The molecular formula is C8H9N3O2. The van der Waals surface area contributed by atoms with Gasteiger partial charge in [-0.2, -0.15) is 5.01 Å². The van der Waals surface area contributed by atoms with Crippen LogP contribution in [0.15, 0.2) is 24.3 Å². The van der Waals surface area contributed by atoms with Gasteiger partial charge in [0.1, 0.15) is 0 Å². The van der Waals surface area contributed by atoms with Gasteiger partial charge in [0.05, 0.1) is 5.69 Å². The lowest BCUT2D eigenvalue weighted by atomic mass is 10.3. The van der Waals surface area contributed by atoms with E-state index in [2.05, 4.69) is 5.43 Å². The Morgan fingerprint density at radius 1 is 1.31 bits per heavy atom. The number of carbonyl (C=O) groups is 2. The van der Waals surface area contributed by atoms with E-state index in [1.807, 2.05) is 0 Å². The van der Waals surface area contributed by atoms with Gasteiger partial charge in [0, 0.05) is 5.69 Å². The van der Waals surface area contributed by atoms with E-state index < -0.39 is 0 Å². The molecule has 1 aromatic rings. The third-order valence-corrected chi connectivity index (χ3v) is 1.37. The van der Waals surface area contributed by atoms with Crippen molar-refractivity contribution in [2.45, 2.75) is 0 Å². The SMILES string of the molecule is Nc1cccc(NN(C=O)C=O)c1. The number of nitrogens with one attached hydrogen (secondary N) is 1. The lowest BCUT2D eigenvalue weighted by Crippen LogP contribution is -2.26. The average Bonchev–Trinajstić information content (AvgIpc) is 2.14. The van der Waals surface area contributed by atoms with Gasteiger partial charge in [-0.25, -0.2) is 0 Å². The Kier molecular flexibility index (Phi) is 2.86. The number of rotatable bonds is 4. The van der Waals surface area contributed by atoms with E-state index in [4.69, 9.17) is 5.73 Å². The number of benzene rings is 1. The van der Waals surface area contributed by atoms with Gasteiger partial charge in [0.15, 0.2) is 0 Å². The van der Waals surface area contributed by atoms with Gasteiger partial charge in [-0.3, -0.25) is 15.0 Å². The van der Waals surface area contributed by atoms with E-state index in [1.165, 1.54) is 0 Å². The normalized spacial score (nSPS) is 8.92. The summed E-state index contributed by atoms with van der Waals surface area (Å²) in [5.74, 6) is 0. The van der Waals surface area contributed by atoms with Gasteiger partial charge in [-0.05, 0) is 18.2 Å². The molecule has 0 saturated heterocycles. The lowest BCUT2D eigenvalue weighted by Gasteiger charge is -2.11. The highest BCUT2D eigenvalue weighted by Crippen LogP contribution is 2.11.